The molecule has 0 saturated carbocycles. The zero-order valence-electron chi connectivity index (χ0n) is 12.1. The van der Waals surface area contributed by atoms with Crippen LogP contribution in [0.15, 0.2) is 66.9 Å². The Morgan fingerprint density at radius 1 is 1.00 bits per heavy atom. The van der Waals surface area contributed by atoms with Gasteiger partial charge in [-0.15, -0.1) is 0 Å². The van der Waals surface area contributed by atoms with Crippen molar-refractivity contribution in [1.29, 1.82) is 0 Å². The summed E-state index contributed by atoms with van der Waals surface area (Å²) in [5.41, 5.74) is 2.09. The monoisotopic (exact) mass is 279 g/mol. The van der Waals surface area contributed by atoms with Gasteiger partial charge in [-0.2, -0.15) is 0 Å². The van der Waals surface area contributed by atoms with Crippen LogP contribution >= 0.6 is 0 Å². The van der Waals surface area contributed by atoms with Crippen molar-refractivity contribution in [3.63, 3.8) is 0 Å². The van der Waals surface area contributed by atoms with Gasteiger partial charge in [0.1, 0.15) is 0 Å². The minimum Gasteiger partial charge on any atom is -0.392 e. The number of aliphatic hydroxyl groups is 1. The Morgan fingerprint density at radius 3 is 2.48 bits per heavy atom. The Labute approximate surface area is 126 Å². The van der Waals surface area contributed by atoms with Gasteiger partial charge >= 0.3 is 0 Å². The maximum Gasteiger partial charge on any atom is 0.0695 e. The number of hydrogen-bond donors (Lipinski definition) is 1. The fourth-order valence-electron chi connectivity index (χ4n) is 3.16. The van der Waals surface area contributed by atoms with Crippen LogP contribution in [-0.2, 0) is 0 Å². The molecule has 1 heterocycles. The summed E-state index contributed by atoms with van der Waals surface area (Å²) in [7, 11) is 0. The van der Waals surface area contributed by atoms with E-state index in [4.69, 9.17) is 0 Å². The molecule has 1 aliphatic rings. The molecule has 0 bridgehead atoms. The summed E-state index contributed by atoms with van der Waals surface area (Å²) in [5.74, 6) is 0.256. The number of aliphatic hydroxyl groups excluding tert-OH is 1. The number of nitrogens with zero attached hydrogens (tertiary/aromatic N) is 1. The topological polar surface area (TPSA) is 33.1 Å². The molecule has 2 nitrogen and oxygen atoms in total. The third-order valence-corrected chi connectivity index (χ3v) is 4.30. The van der Waals surface area contributed by atoms with E-state index in [1.165, 1.54) is 0 Å². The predicted molar refractivity (Wildman–Crippen MR) is 85.0 cm³/mol. The third-order valence-electron chi connectivity index (χ3n) is 4.30. The van der Waals surface area contributed by atoms with Crippen LogP contribution in [0.2, 0.25) is 0 Å². The Balaban J connectivity index is 1.94. The first-order chi connectivity index (χ1) is 10.4. The number of benzene rings is 1. The second-order valence-corrected chi connectivity index (χ2v) is 5.68. The molecule has 0 aliphatic heterocycles. The van der Waals surface area contributed by atoms with Crippen LogP contribution in [0.1, 0.15) is 36.4 Å². The van der Waals surface area contributed by atoms with Crippen LogP contribution < -0.4 is 0 Å². The van der Waals surface area contributed by atoms with Gasteiger partial charge in [0.15, 0.2) is 0 Å². The van der Waals surface area contributed by atoms with Crippen molar-refractivity contribution >= 4 is 0 Å². The lowest BCUT2D eigenvalue weighted by molar-refractivity contribution is 0.0853. The maximum absolute atomic E-state index is 11.0. The zero-order valence-corrected chi connectivity index (χ0v) is 12.1. The number of hydrogen-bond acceptors (Lipinski definition) is 2. The summed E-state index contributed by atoms with van der Waals surface area (Å²) in [5, 5.41) is 11.0. The van der Waals surface area contributed by atoms with Crippen molar-refractivity contribution in [2.75, 3.05) is 0 Å². The minimum atomic E-state index is -0.396. The van der Waals surface area contributed by atoms with E-state index in [0.717, 1.165) is 30.5 Å². The summed E-state index contributed by atoms with van der Waals surface area (Å²) in [6, 6.07) is 16.2. The Morgan fingerprint density at radius 2 is 1.81 bits per heavy atom. The molecule has 0 radical (unpaired) electrons. The second-order valence-electron chi connectivity index (χ2n) is 5.68. The largest absolute Gasteiger partial charge is 0.392 e. The SMILES string of the molecule is O[C@H]([C@H]1CC=CCC1)[C@H](c1ccccc1)c1ccccn1. The molecule has 2 aromatic rings. The number of allylic oxidation sites excluding steroid dienone is 2. The van der Waals surface area contributed by atoms with E-state index in [-0.39, 0.29) is 5.92 Å². The first-order valence-electron chi connectivity index (χ1n) is 7.65. The molecule has 0 amide bonds. The van der Waals surface area contributed by atoms with Crippen molar-refractivity contribution in [3.8, 4) is 0 Å². The zero-order chi connectivity index (χ0) is 14.5. The van der Waals surface area contributed by atoms with E-state index in [1.54, 1.807) is 6.20 Å². The molecule has 1 aromatic carbocycles. The van der Waals surface area contributed by atoms with Crippen molar-refractivity contribution < 1.29 is 5.11 Å². The summed E-state index contributed by atoms with van der Waals surface area (Å²) in [6.07, 6.45) is 8.88. The van der Waals surface area contributed by atoms with Crippen LogP contribution in [0.3, 0.4) is 0 Å². The van der Waals surface area contributed by atoms with E-state index in [2.05, 4.69) is 29.3 Å². The van der Waals surface area contributed by atoms with Gasteiger partial charge < -0.3 is 5.11 Å². The van der Waals surface area contributed by atoms with Crippen LogP contribution in [0, 0.1) is 5.92 Å². The summed E-state index contributed by atoms with van der Waals surface area (Å²) >= 11 is 0. The number of rotatable bonds is 4. The minimum absolute atomic E-state index is 0.0519. The van der Waals surface area contributed by atoms with Gasteiger partial charge in [-0.05, 0) is 42.9 Å². The van der Waals surface area contributed by atoms with Crippen LogP contribution in [0.4, 0.5) is 0 Å². The molecule has 0 fully saturated rings. The molecule has 1 aromatic heterocycles. The van der Waals surface area contributed by atoms with E-state index in [1.807, 2.05) is 36.4 Å². The van der Waals surface area contributed by atoms with Crippen LogP contribution in [0.5, 0.6) is 0 Å². The molecule has 3 rings (SSSR count). The molecular weight excluding hydrogens is 258 g/mol. The molecular formula is C19H21NO. The molecule has 0 spiro atoms. The van der Waals surface area contributed by atoms with Gasteiger partial charge in [-0.25, -0.2) is 0 Å². The predicted octanol–water partition coefficient (Wildman–Crippen LogP) is 3.93. The van der Waals surface area contributed by atoms with Gasteiger partial charge in [-0.3, -0.25) is 4.98 Å². The average molecular weight is 279 g/mol. The lowest BCUT2D eigenvalue weighted by Crippen LogP contribution is -2.29. The van der Waals surface area contributed by atoms with Gasteiger partial charge in [0, 0.05) is 6.20 Å². The molecule has 1 N–H and O–H groups in total. The van der Waals surface area contributed by atoms with E-state index < -0.39 is 6.10 Å². The highest BCUT2D eigenvalue weighted by atomic mass is 16.3. The van der Waals surface area contributed by atoms with Crippen molar-refractivity contribution in [1.82, 2.24) is 4.98 Å². The highest BCUT2D eigenvalue weighted by Gasteiger charge is 2.30. The summed E-state index contributed by atoms with van der Waals surface area (Å²) < 4.78 is 0. The Bertz CT molecular complexity index is 540. The Kier molecular flexibility index (Phi) is 4.46. The summed E-state index contributed by atoms with van der Waals surface area (Å²) in [6.45, 7) is 0. The second kappa shape index (κ2) is 6.68. The lowest BCUT2D eigenvalue weighted by atomic mass is 9.78. The molecule has 108 valence electrons. The first-order valence-corrected chi connectivity index (χ1v) is 7.65. The number of pyridine rings is 1. The van der Waals surface area contributed by atoms with Crippen molar-refractivity contribution in [3.05, 3.63) is 78.1 Å². The van der Waals surface area contributed by atoms with E-state index >= 15 is 0 Å². The maximum atomic E-state index is 11.0. The molecule has 0 saturated heterocycles. The molecule has 21 heavy (non-hydrogen) atoms. The third kappa shape index (κ3) is 3.22. The van der Waals surface area contributed by atoms with E-state index in [0.29, 0.717) is 5.92 Å². The summed E-state index contributed by atoms with van der Waals surface area (Å²) in [4.78, 5) is 4.49. The van der Waals surface area contributed by atoms with Gasteiger partial charge in [-0.1, -0.05) is 48.6 Å². The van der Waals surface area contributed by atoms with Crippen molar-refractivity contribution in [2.45, 2.75) is 31.3 Å². The highest BCUT2D eigenvalue weighted by Crippen LogP contribution is 2.34. The fraction of sp³-hybridized carbons (Fsp3) is 0.316. The lowest BCUT2D eigenvalue weighted by Gasteiger charge is -2.30. The quantitative estimate of drug-likeness (QED) is 0.860. The first kappa shape index (κ1) is 14.0. The average Bonchev–Trinajstić information content (AvgIpc) is 2.58. The highest BCUT2D eigenvalue weighted by molar-refractivity contribution is 5.30. The van der Waals surface area contributed by atoms with Gasteiger partial charge in [0.25, 0.3) is 0 Å². The smallest absolute Gasteiger partial charge is 0.0695 e. The van der Waals surface area contributed by atoms with E-state index in [9.17, 15) is 5.11 Å². The van der Waals surface area contributed by atoms with Crippen LogP contribution in [-0.4, -0.2) is 16.2 Å². The molecule has 0 unspecified atom stereocenters. The van der Waals surface area contributed by atoms with Gasteiger partial charge in [0.05, 0.1) is 17.7 Å². The molecule has 1 aliphatic carbocycles. The number of aromatic nitrogens is 1. The molecule has 3 atom stereocenters. The standard InChI is InChI=1S/C19H21NO/c21-19(16-11-5-2-6-12-16)18(15-9-3-1-4-10-15)17-13-7-8-14-20-17/h1-5,7-10,13-14,16,18-19,21H,6,11-12H2/t16-,18+,19+/m0/s1. The van der Waals surface area contributed by atoms with Crippen molar-refractivity contribution in [2.24, 2.45) is 5.92 Å². The normalized spacial score (nSPS) is 20.9. The fourth-order valence-corrected chi connectivity index (χ4v) is 3.16. The van der Waals surface area contributed by atoms with Gasteiger partial charge in [0.2, 0.25) is 0 Å². The Hall–Kier alpha value is -1.93. The molecule has 2 heteroatoms. The van der Waals surface area contributed by atoms with Crippen LogP contribution in [0.25, 0.3) is 0 Å².